The molecule has 2 rings (SSSR count). The lowest BCUT2D eigenvalue weighted by molar-refractivity contribution is 0.111. The number of aromatic nitrogens is 1. The summed E-state index contributed by atoms with van der Waals surface area (Å²) in [7, 11) is 0. The van der Waals surface area contributed by atoms with Gasteiger partial charge in [-0.15, -0.1) is 11.3 Å². The van der Waals surface area contributed by atoms with Crippen LogP contribution in [0.25, 0.3) is 0 Å². The van der Waals surface area contributed by atoms with Crippen LogP contribution in [-0.2, 0) is 11.3 Å². The van der Waals surface area contributed by atoms with Crippen LogP contribution < -0.4 is 5.32 Å². The second kappa shape index (κ2) is 5.75. The predicted molar refractivity (Wildman–Crippen MR) is 66.6 cm³/mol. The van der Waals surface area contributed by atoms with Crippen molar-refractivity contribution < 1.29 is 4.74 Å². The summed E-state index contributed by atoms with van der Waals surface area (Å²) >= 11 is 1.78. The average Bonchev–Trinajstić information content (AvgIpc) is 2.95. The molecule has 1 saturated heterocycles. The first-order valence-corrected chi connectivity index (χ1v) is 6.91. The minimum atomic E-state index is 0.266. The van der Waals surface area contributed by atoms with E-state index in [4.69, 9.17) is 4.74 Å². The van der Waals surface area contributed by atoms with E-state index in [1.165, 1.54) is 11.3 Å². The molecule has 1 fully saturated rings. The van der Waals surface area contributed by atoms with Crippen LogP contribution in [-0.4, -0.2) is 17.6 Å². The number of hydrogen-bond acceptors (Lipinski definition) is 4. The van der Waals surface area contributed by atoms with Crippen LogP contribution in [0.15, 0.2) is 6.20 Å². The second-order valence-electron chi connectivity index (χ2n) is 4.36. The fourth-order valence-electron chi connectivity index (χ4n) is 1.74. The predicted octanol–water partition coefficient (Wildman–Crippen LogP) is 2.88. The largest absolute Gasteiger partial charge is 0.371 e. The van der Waals surface area contributed by atoms with Gasteiger partial charge in [-0.05, 0) is 26.2 Å². The van der Waals surface area contributed by atoms with Gasteiger partial charge in [-0.1, -0.05) is 6.92 Å². The molecule has 3 nitrogen and oxygen atoms in total. The molecule has 1 N–H and O–H groups in total. The molecule has 2 unspecified atom stereocenters. The third-order valence-electron chi connectivity index (χ3n) is 3.01. The summed E-state index contributed by atoms with van der Waals surface area (Å²) < 4.78 is 5.63. The highest BCUT2D eigenvalue weighted by molar-refractivity contribution is 7.11. The Kier molecular flexibility index (Phi) is 4.32. The van der Waals surface area contributed by atoms with Crippen molar-refractivity contribution in [1.82, 2.24) is 10.3 Å². The highest BCUT2D eigenvalue weighted by Crippen LogP contribution is 2.31. The van der Waals surface area contributed by atoms with Gasteiger partial charge in [0.05, 0.1) is 0 Å². The Morgan fingerprint density at radius 2 is 2.56 bits per heavy atom. The van der Waals surface area contributed by atoms with Gasteiger partial charge in [-0.2, -0.15) is 0 Å². The van der Waals surface area contributed by atoms with Crippen LogP contribution in [0.1, 0.15) is 49.1 Å². The van der Waals surface area contributed by atoms with Gasteiger partial charge in [0.25, 0.3) is 0 Å². The zero-order valence-corrected chi connectivity index (χ0v) is 10.8. The lowest BCUT2D eigenvalue weighted by Gasteiger charge is -2.09. The molecule has 0 aliphatic carbocycles. The third-order valence-corrected chi connectivity index (χ3v) is 4.10. The molecule has 90 valence electrons. The summed E-state index contributed by atoms with van der Waals surface area (Å²) in [6.45, 7) is 6.23. The second-order valence-corrected chi connectivity index (χ2v) is 5.50. The van der Waals surface area contributed by atoms with E-state index in [1.807, 2.05) is 6.20 Å². The van der Waals surface area contributed by atoms with E-state index in [0.29, 0.717) is 6.04 Å². The van der Waals surface area contributed by atoms with Crippen molar-refractivity contribution in [3.8, 4) is 0 Å². The maximum atomic E-state index is 5.63. The lowest BCUT2D eigenvalue weighted by Crippen LogP contribution is -2.23. The van der Waals surface area contributed by atoms with Gasteiger partial charge in [0.15, 0.2) is 0 Å². The van der Waals surface area contributed by atoms with E-state index in [-0.39, 0.29) is 6.10 Å². The number of ether oxygens (including phenoxy) is 1. The van der Waals surface area contributed by atoms with E-state index in [0.717, 1.165) is 31.0 Å². The van der Waals surface area contributed by atoms with Crippen LogP contribution in [0, 0.1) is 0 Å². The number of rotatable bonds is 5. The van der Waals surface area contributed by atoms with E-state index >= 15 is 0 Å². The first-order valence-electron chi connectivity index (χ1n) is 6.09. The van der Waals surface area contributed by atoms with Crippen LogP contribution in [0.3, 0.4) is 0 Å². The first-order chi connectivity index (χ1) is 7.79. The molecule has 16 heavy (non-hydrogen) atoms. The van der Waals surface area contributed by atoms with Gasteiger partial charge in [-0.25, -0.2) is 4.98 Å². The van der Waals surface area contributed by atoms with Crippen molar-refractivity contribution in [2.45, 2.75) is 51.8 Å². The Morgan fingerprint density at radius 3 is 3.25 bits per heavy atom. The minimum Gasteiger partial charge on any atom is -0.371 e. The summed E-state index contributed by atoms with van der Waals surface area (Å²) in [4.78, 5) is 5.77. The Bertz CT molecular complexity index is 321. The van der Waals surface area contributed by atoms with Gasteiger partial charge >= 0.3 is 0 Å². The Balaban J connectivity index is 1.86. The van der Waals surface area contributed by atoms with Gasteiger partial charge in [0.2, 0.25) is 0 Å². The molecule has 1 aromatic rings. The summed E-state index contributed by atoms with van der Waals surface area (Å²) in [5.74, 6) is 0. The summed E-state index contributed by atoms with van der Waals surface area (Å²) in [6, 6.07) is 0.577. The van der Waals surface area contributed by atoms with Crippen LogP contribution in [0.2, 0.25) is 0 Å². The number of nitrogens with one attached hydrogen (secondary N) is 1. The number of hydrogen-bond donors (Lipinski definition) is 1. The molecule has 4 heteroatoms. The smallest absolute Gasteiger partial charge is 0.122 e. The van der Waals surface area contributed by atoms with E-state index < -0.39 is 0 Å². The monoisotopic (exact) mass is 240 g/mol. The quantitative estimate of drug-likeness (QED) is 0.859. The molecule has 1 aliphatic heterocycles. The van der Waals surface area contributed by atoms with Crippen molar-refractivity contribution in [2.24, 2.45) is 0 Å². The maximum absolute atomic E-state index is 5.63. The molecule has 0 spiro atoms. The molecule has 0 bridgehead atoms. The molecule has 1 aliphatic rings. The van der Waals surface area contributed by atoms with Crippen molar-refractivity contribution in [3.63, 3.8) is 0 Å². The topological polar surface area (TPSA) is 34.2 Å². The van der Waals surface area contributed by atoms with Crippen LogP contribution in [0.4, 0.5) is 0 Å². The van der Waals surface area contributed by atoms with Gasteiger partial charge in [-0.3, -0.25) is 0 Å². The summed E-state index contributed by atoms with van der Waals surface area (Å²) in [6.07, 6.45) is 5.72. The van der Waals surface area contributed by atoms with Crippen molar-refractivity contribution in [1.29, 1.82) is 0 Å². The fourth-order valence-corrected chi connectivity index (χ4v) is 2.70. The van der Waals surface area contributed by atoms with Crippen LogP contribution >= 0.6 is 11.3 Å². The summed E-state index contributed by atoms with van der Waals surface area (Å²) in [5.41, 5.74) is 0. The highest BCUT2D eigenvalue weighted by atomic mass is 32.1. The number of nitrogens with zero attached hydrogens (tertiary/aromatic N) is 1. The fraction of sp³-hybridized carbons (Fsp3) is 0.750. The van der Waals surface area contributed by atoms with Gasteiger partial charge in [0.1, 0.15) is 11.1 Å². The first kappa shape index (κ1) is 12.0. The Hall–Kier alpha value is -0.450. The van der Waals surface area contributed by atoms with E-state index in [1.54, 1.807) is 11.3 Å². The third kappa shape index (κ3) is 3.03. The maximum Gasteiger partial charge on any atom is 0.122 e. The Labute approximate surface area is 101 Å². The van der Waals surface area contributed by atoms with Gasteiger partial charge < -0.3 is 10.1 Å². The lowest BCUT2D eigenvalue weighted by atomic mass is 10.2. The molecule has 2 heterocycles. The standard InChI is InChI=1S/C12H20N2OS/c1-3-9(2)13-7-10-8-14-12(16-10)11-5-4-6-15-11/h8-9,11,13H,3-7H2,1-2H3. The van der Waals surface area contributed by atoms with E-state index in [9.17, 15) is 0 Å². The molecule has 0 saturated carbocycles. The molecule has 2 atom stereocenters. The summed E-state index contributed by atoms with van der Waals surface area (Å²) in [5, 5.41) is 4.63. The van der Waals surface area contributed by atoms with Crippen molar-refractivity contribution in [3.05, 3.63) is 16.1 Å². The zero-order valence-electron chi connectivity index (χ0n) is 10.0. The molecule has 0 aromatic carbocycles. The molecule has 1 aromatic heterocycles. The molecular weight excluding hydrogens is 220 g/mol. The molecule has 0 amide bonds. The highest BCUT2D eigenvalue weighted by Gasteiger charge is 2.20. The molecular formula is C12H20N2OS. The van der Waals surface area contributed by atoms with Crippen LogP contribution in [0.5, 0.6) is 0 Å². The zero-order chi connectivity index (χ0) is 11.4. The van der Waals surface area contributed by atoms with Crippen molar-refractivity contribution >= 4 is 11.3 Å². The Morgan fingerprint density at radius 1 is 1.69 bits per heavy atom. The number of thiazole rings is 1. The minimum absolute atomic E-state index is 0.266. The van der Waals surface area contributed by atoms with Crippen molar-refractivity contribution in [2.75, 3.05) is 6.61 Å². The average molecular weight is 240 g/mol. The molecule has 0 radical (unpaired) electrons. The van der Waals surface area contributed by atoms with E-state index in [2.05, 4.69) is 24.1 Å². The van der Waals surface area contributed by atoms with Gasteiger partial charge in [0, 0.05) is 30.3 Å². The SMILES string of the molecule is CCC(C)NCc1cnc(C2CCCO2)s1. The normalized spacial score (nSPS) is 22.5.